The van der Waals surface area contributed by atoms with Gasteiger partial charge in [-0.15, -0.1) is 0 Å². The van der Waals surface area contributed by atoms with E-state index in [1.54, 1.807) is 0 Å². The number of carbonyl (C=O) groups excluding carboxylic acids is 5. The molecule has 14 heteroatoms. The van der Waals surface area contributed by atoms with Gasteiger partial charge in [0.1, 0.15) is 29.9 Å². The molecule has 14 nitrogen and oxygen atoms in total. The number of nitriles is 1. The van der Waals surface area contributed by atoms with Gasteiger partial charge in [-0.2, -0.15) is 5.26 Å². The van der Waals surface area contributed by atoms with Gasteiger partial charge in [-0.25, -0.2) is 4.98 Å². The van der Waals surface area contributed by atoms with E-state index in [1.165, 1.54) is 36.2 Å². The number of rotatable bonds is 5. The molecule has 3 atom stereocenters. The lowest BCUT2D eigenvalue weighted by Gasteiger charge is -2.26. The molecular formula is C32H36N8O6. The summed E-state index contributed by atoms with van der Waals surface area (Å²) in [7, 11) is 0. The molecule has 240 valence electrons. The van der Waals surface area contributed by atoms with Crippen LogP contribution in [0.4, 0.5) is 0 Å². The molecule has 2 aromatic heterocycles. The van der Waals surface area contributed by atoms with Gasteiger partial charge in [-0.1, -0.05) is 49.3 Å². The summed E-state index contributed by atoms with van der Waals surface area (Å²) in [5.41, 5.74) is 1.02. The van der Waals surface area contributed by atoms with E-state index in [9.17, 15) is 24.0 Å². The zero-order valence-corrected chi connectivity index (χ0v) is 25.8. The quantitative estimate of drug-likeness (QED) is 0.319. The fourth-order valence-electron chi connectivity index (χ4n) is 4.81. The van der Waals surface area contributed by atoms with E-state index in [1.807, 2.05) is 50.2 Å². The van der Waals surface area contributed by atoms with Crippen LogP contribution in [0.3, 0.4) is 0 Å². The van der Waals surface area contributed by atoms with Gasteiger partial charge in [-0.05, 0) is 37.0 Å². The maximum atomic E-state index is 13.5. The minimum Gasteiger partial charge on any atom is -0.359 e. The molecule has 1 aliphatic heterocycles. The first-order chi connectivity index (χ1) is 22.0. The van der Waals surface area contributed by atoms with Crippen molar-refractivity contribution in [1.82, 2.24) is 36.3 Å². The first-order valence-corrected chi connectivity index (χ1v) is 14.9. The Bertz CT molecular complexity index is 1600. The van der Waals surface area contributed by atoms with Crippen molar-refractivity contribution in [1.29, 1.82) is 5.26 Å². The first-order valence-electron chi connectivity index (χ1n) is 14.9. The van der Waals surface area contributed by atoms with Crippen LogP contribution in [0.2, 0.25) is 0 Å². The highest BCUT2D eigenvalue weighted by atomic mass is 16.5. The van der Waals surface area contributed by atoms with Crippen LogP contribution in [0.15, 0.2) is 59.3 Å². The normalized spacial score (nSPS) is 20.0. The molecule has 0 saturated carbocycles. The summed E-state index contributed by atoms with van der Waals surface area (Å²) < 4.78 is 5.34. The molecule has 0 radical (unpaired) electrons. The number of carbonyl (C=O) groups is 5. The molecule has 0 aliphatic carbocycles. The summed E-state index contributed by atoms with van der Waals surface area (Å²) in [6.45, 7) is 5.16. The molecule has 4 rings (SSSR count). The Morgan fingerprint density at radius 2 is 1.76 bits per heavy atom. The molecule has 46 heavy (non-hydrogen) atoms. The fraction of sp³-hybridized carbons (Fsp3) is 0.375. The van der Waals surface area contributed by atoms with Crippen molar-refractivity contribution in [3.05, 3.63) is 83.0 Å². The molecule has 0 fully saturated rings. The minimum absolute atomic E-state index is 0.000590. The predicted molar refractivity (Wildman–Crippen MR) is 164 cm³/mol. The number of hydrogen-bond acceptors (Lipinski definition) is 9. The molecule has 5 amide bonds. The van der Waals surface area contributed by atoms with E-state index in [0.29, 0.717) is 0 Å². The zero-order chi connectivity index (χ0) is 33.2. The minimum atomic E-state index is -1.04. The molecule has 0 unspecified atom stereocenters. The summed E-state index contributed by atoms with van der Waals surface area (Å²) in [6, 6.07) is 12.3. The average molecular weight is 629 g/mol. The summed E-state index contributed by atoms with van der Waals surface area (Å²) in [6.07, 6.45) is 1.73. The predicted octanol–water partition coefficient (Wildman–Crippen LogP) is 1.09. The Balaban J connectivity index is 1.65. The van der Waals surface area contributed by atoms with Crippen LogP contribution in [0.5, 0.6) is 0 Å². The van der Waals surface area contributed by atoms with Crippen molar-refractivity contribution in [2.24, 2.45) is 5.92 Å². The highest BCUT2D eigenvalue weighted by molar-refractivity contribution is 5.98. The topological polar surface area (TPSA) is 199 Å². The van der Waals surface area contributed by atoms with Crippen molar-refractivity contribution in [3.8, 4) is 6.07 Å². The van der Waals surface area contributed by atoms with E-state index in [2.05, 4.69) is 31.4 Å². The van der Waals surface area contributed by atoms with Crippen LogP contribution >= 0.6 is 0 Å². The number of nitrogens with zero attached hydrogens (tertiary/aromatic N) is 4. The Labute approximate surface area is 265 Å². The average Bonchev–Trinajstić information content (AvgIpc) is 3.52. The smallest absolute Gasteiger partial charge is 0.274 e. The van der Waals surface area contributed by atoms with Gasteiger partial charge < -0.3 is 30.7 Å². The van der Waals surface area contributed by atoms with Gasteiger partial charge >= 0.3 is 0 Å². The molecule has 0 spiro atoms. The maximum Gasteiger partial charge on any atom is 0.274 e. The second-order valence-corrected chi connectivity index (χ2v) is 11.4. The highest BCUT2D eigenvalue weighted by Crippen LogP contribution is 2.13. The van der Waals surface area contributed by atoms with Gasteiger partial charge in [0, 0.05) is 31.8 Å². The monoisotopic (exact) mass is 628 g/mol. The number of nitrogens with one attached hydrogen (secondary N) is 4. The van der Waals surface area contributed by atoms with Crippen molar-refractivity contribution in [2.75, 3.05) is 13.1 Å². The van der Waals surface area contributed by atoms with Gasteiger partial charge in [0.25, 0.3) is 11.8 Å². The number of benzene rings is 1. The lowest BCUT2D eigenvalue weighted by atomic mass is 10.0. The van der Waals surface area contributed by atoms with Crippen molar-refractivity contribution in [2.45, 2.75) is 58.3 Å². The maximum absolute atomic E-state index is 13.5. The summed E-state index contributed by atoms with van der Waals surface area (Å²) in [4.78, 5) is 71.9. The third kappa shape index (κ3) is 8.98. The third-order valence-corrected chi connectivity index (χ3v) is 7.23. The van der Waals surface area contributed by atoms with Crippen molar-refractivity contribution < 1.29 is 28.5 Å². The van der Waals surface area contributed by atoms with E-state index in [-0.39, 0.29) is 61.1 Å². The van der Waals surface area contributed by atoms with Crippen LogP contribution in [0, 0.1) is 17.2 Å². The van der Waals surface area contributed by atoms with Gasteiger partial charge in [0.15, 0.2) is 11.5 Å². The van der Waals surface area contributed by atoms with Gasteiger partial charge in [0.2, 0.25) is 17.7 Å². The van der Waals surface area contributed by atoms with Crippen LogP contribution in [0.1, 0.15) is 65.1 Å². The highest BCUT2D eigenvalue weighted by Gasteiger charge is 2.30. The molecule has 3 heterocycles. The number of aromatic nitrogens is 2. The van der Waals surface area contributed by atoms with Gasteiger partial charge in [0.05, 0.1) is 12.1 Å². The van der Waals surface area contributed by atoms with Crippen molar-refractivity contribution in [3.63, 3.8) is 0 Å². The zero-order valence-electron chi connectivity index (χ0n) is 25.8. The molecule has 0 saturated heterocycles. The molecule has 1 aromatic carbocycles. The van der Waals surface area contributed by atoms with Crippen LogP contribution < -0.4 is 21.3 Å². The lowest BCUT2D eigenvalue weighted by Crippen LogP contribution is -2.57. The SMILES string of the molecule is CC(C)C[C@H]1NC(=O)[C@@H](C)NC(=O)c2cc(on2)CN(C(=O)c2ccc(C#N)nc2)CCNC(=O)[C@@H](Cc2ccccc2)NC1=O. The van der Waals surface area contributed by atoms with E-state index < -0.39 is 47.7 Å². The van der Waals surface area contributed by atoms with Gasteiger partial charge in [-0.3, -0.25) is 24.0 Å². The number of amides is 5. The molecule has 3 aromatic rings. The Hall–Kier alpha value is -5.58. The number of fused-ring (bicyclic) bond motifs is 2. The van der Waals surface area contributed by atoms with E-state index in [0.717, 1.165) is 5.56 Å². The van der Waals surface area contributed by atoms with E-state index in [4.69, 9.17) is 9.78 Å². The second kappa shape index (κ2) is 15.4. The molecule has 2 bridgehead atoms. The fourth-order valence-corrected chi connectivity index (χ4v) is 4.81. The first kappa shape index (κ1) is 33.3. The second-order valence-electron chi connectivity index (χ2n) is 11.4. The largest absolute Gasteiger partial charge is 0.359 e. The van der Waals surface area contributed by atoms with Crippen LogP contribution in [0.25, 0.3) is 0 Å². The van der Waals surface area contributed by atoms with Crippen molar-refractivity contribution >= 4 is 29.5 Å². The molecule has 1 aliphatic rings. The standard InChI is InChI=1S/C32H36N8O6/c1-19(2)13-25-30(43)38-26(14-21-7-5-4-6-8-21)29(42)34-11-12-40(32(45)22-9-10-23(16-33)35-17-22)18-24-15-27(39-46-24)31(44)36-20(3)28(41)37-25/h4-10,15,17,19-20,25-26H,11-14,18H2,1-3H3,(H,34,42)(H,36,44)(H,37,41)(H,38,43)/t20-,25-,26-/m1/s1. The lowest BCUT2D eigenvalue weighted by molar-refractivity contribution is -0.132. The third-order valence-electron chi connectivity index (χ3n) is 7.23. The summed E-state index contributed by atoms with van der Waals surface area (Å²) in [5.74, 6) is -2.60. The number of pyridine rings is 1. The number of hydrogen-bond donors (Lipinski definition) is 4. The molecular weight excluding hydrogens is 592 g/mol. The Morgan fingerprint density at radius 3 is 2.43 bits per heavy atom. The Morgan fingerprint density at radius 1 is 1.02 bits per heavy atom. The summed E-state index contributed by atoms with van der Waals surface area (Å²) >= 11 is 0. The van der Waals surface area contributed by atoms with E-state index >= 15 is 0 Å². The van der Waals surface area contributed by atoms with Crippen LogP contribution in [-0.4, -0.2) is 75.8 Å². The Kier molecular flexibility index (Phi) is 11.2. The molecule has 4 N–H and O–H groups in total. The summed E-state index contributed by atoms with van der Waals surface area (Å²) in [5, 5.41) is 23.7. The van der Waals surface area contributed by atoms with Crippen LogP contribution in [-0.2, 0) is 27.3 Å².